The highest BCUT2D eigenvalue weighted by atomic mass is 32.1. The summed E-state index contributed by atoms with van der Waals surface area (Å²) in [6.45, 7) is 0. The minimum Gasteiger partial charge on any atom is -0.135 e. The lowest BCUT2D eigenvalue weighted by molar-refractivity contribution is 1.62. The molecule has 0 aliphatic heterocycles. The predicted molar refractivity (Wildman–Crippen MR) is 305 cm³/mol. The standard InChI is InChI=1S/C68H43PS/c1-5-20-45(21-6-1)51-28-15-17-34-59(51)69(60-35-18-16-29-52(60)46-22-7-2-8-23-46)50-39-36-44(37-40-50)49-38-41-55-61(42-49)70-62-43-58-65-56(66(55)62)32-19-33-57(65)67-63(47-24-9-3-10-25-47)53-30-13-14-31-54(53)64(68(58)67)48-26-11-4-12-27-48/h1-43H. The molecule has 1 aromatic heterocycles. The van der Waals surface area contributed by atoms with Gasteiger partial charge in [0.15, 0.2) is 0 Å². The molecule has 0 amide bonds. The lowest BCUT2D eigenvalue weighted by Crippen LogP contribution is -2.23. The van der Waals surface area contributed by atoms with Gasteiger partial charge in [0, 0.05) is 20.2 Å². The van der Waals surface area contributed by atoms with Crippen LogP contribution in [-0.4, -0.2) is 0 Å². The molecule has 14 rings (SSSR count). The van der Waals surface area contributed by atoms with E-state index in [4.69, 9.17) is 0 Å². The van der Waals surface area contributed by atoms with Crippen molar-refractivity contribution in [2.45, 2.75) is 0 Å². The van der Waals surface area contributed by atoms with Crippen molar-refractivity contribution in [1.82, 2.24) is 0 Å². The van der Waals surface area contributed by atoms with Crippen molar-refractivity contribution in [1.29, 1.82) is 0 Å². The highest BCUT2D eigenvalue weighted by molar-refractivity contribution is 7.80. The Morgan fingerprint density at radius 3 is 1.27 bits per heavy atom. The third-order valence-corrected chi connectivity index (χ3v) is 18.1. The van der Waals surface area contributed by atoms with Crippen LogP contribution in [0.25, 0.3) is 120 Å². The molecule has 70 heavy (non-hydrogen) atoms. The quantitative estimate of drug-likeness (QED) is 0.133. The molecule has 13 aromatic rings. The van der Waals surface area contributed by atoms with Crippen molar-refractivity contribution in [3.63, 3.8) is 0 Å². The van der Waals surface area contributed by atoms with Gasteiger partial charge in [0.05, 0.1) is 0 Å². The van der Waals surface area contributed by atoms with Gasteiger partial charge < -0.3 is 0 Å². The highest BCUT2D eigenvalue weighted by Crippen LogP contribution is 2.59. The summed E-state index contributed by atoms with van der Waals surface area (Å²) in [5, 5.41) is 12.0. The summed E-state index contributed by atoms with van der Waals surface area (Å²) in [5.74, 6) is 0. The first kappa shape index (κ1) is 40.8. The van der Waals surface area contributed by atoms with Crippen LogP contribution in [-0.2, 0) is 0 Å². The van der Waals surface area contributed by atoms with Crippen molar-refractivity contribution in [3.05, 3.63) is 261 Å². The molecule has 12 aromatic carbocycles. The molecule has 2 heteroatoms. The van der Waals surface area contributed by atoms with Gasteiger partial charge in [-0.1, -0.05) is 249 Å². The molecule has 0 nitrogen and oxygen atoms in total. The van der Waals surface area contributed by atoms with Crippen LogP contribution in [0.5, 0.6) is 0 Å². The molecular weight excluding hydrogens is 880 g/mol. The first-order valence-electron chi connectivity index (χ1n) is 24.1. The fourth-order valence-corrected chi connectivity index (χ4v) is 15.2. The summed E-state index contributed by atoms with van der Waals surface area (Å²) in [4.78, 5) is 0. The van der Waals surface area contributed by atoms with Crippen LogP contribution in [0, 0.1) is 0 Å². The van der Waals surface area contributed by atoms with Gasteiger partial charge in [0.2, 0.25) is 0 Å². The Hall–Kier alpha value is -8.19. The van der Waals surface area contributed by atoms with Crippen LogP contribution in [0.3, 0.4) is 0 Å². The summed E-state index contributed by atoms with van der Waals surface area (Å²) in [5.41, 5.74) is 17.9. The predicted octanol–water partition coefficient (Wildman–Crippen LogP) is 18.1. The van der Waals surface area contributed by atoms with Crippen LogP contribution in [0.15, 0.2) is 261 Å². The van der Waals surface area contributed by atoms with Gasteiger partial charge in [0.25, 0.3) is 0 Å². The summed E-state index contributed by atoms with van der Waals surface area (Å²) >= 11 is 1.92. The summed E-state index contributed by atoms with van der Waals surface area (Å²) in [6, 6.07) is 97.0. The van der Waals surface area contributed by atoms with Gasteiger partial charge in [-0.05, 0) is 135 Å². The van der Waals surface area contributed by atoms with E-state index < -0.39 is 7.92 Å². The molecule has 0 unspecified atom stereocenters. The zero-order valence-corrected chi connectivity index (χ0v) is 39.9. The van der Waals surface area contributed by atoms with E-state index in [0.29, 0.717) is 0 Å². The van der Waals surface area contributed by atoms with Crippen molar-refractivity contribution < 1.29 is 0 Å². The fourth-order valence-electron chi connectivity index (χ4n) is 11.4. The molecule has 0 spiro atoms. The third kappa shape index (κ3) is 6.54. The number of benzene rings is 12. The van der Waals surface area contributed by atoms with E-state index in [1.54, 1.807) is 0 Å². The second-order valence-electron chi connectivity index (χ2n) is 18.3. The average molecular weight is 923 g/mol. The van der Waals surface area contributed by atoms with E-state index in [1.807, 2.05) is 11.3 Å². The molecule has 0 fully saturated rings. The monoisotopic (exact) mass is 922 g/mol. The maximum atomic E-state index is 2.52. The van der Waals surface area contributed by atoms with E-state index in [1.165, 1.54) is 136 Å². The van der Waals surface area contributed by atoms with Gasteiger partial charge in [0.1, 0.15) is 0 Å². The first-order valence-corrected chi connectivity index (χ1v) is 26.2. The topological polar surface area (TPSA) is 0 Å². The van der Waals surface area contributed by atoms with Crippen LogP contribution in [0.2, 0.25) is 0 Å². The molecule has 1 heterocycles. The average Bonchev–Trinajstić information content (AvgIpc) is 3.98. The Bertz CT molecular complexity index is 4050. The van der Waals surface area contributed by atoms with E-state index in [2.05, 4.69) is 261 Å². The molecule has 0 bridgehead atoms. The summed E-state index contributed by atoms with van der Waals surface area (Å²) < 4.78 is 2.63. The van der Waals surface area contributed by atoms with Crippen LogP contribution >= 0.6 is 19.3 Å². The summed E-state index contributed by atoms with van der Waals surface area (Å²) in [6.07, 6.45) is 0. The fraction of sp³-hybridized carbons (Fsp3) is 0. The van der Waals surface area contributed by atoms with E-state index in [9.17, 15) is 0 Å². The Kier molecular flexibility index (Phi) is 9.80. The van der Waals surface area contributed by atoms with Gasteiger partial charge in [-0.15, -0.1) is 11.3 Å². The van der Waals surface area contributed by atoms with Gasteiger partial charge in [-0.2, -0.15) is 0 Å². The Morgan fingerprint density at radius 2 is 0.700 bits per heavy atom. The minimum absolute atomic E-state index is 0.935. The Balaban J connectivity index is 0.922. The Morgan fingerprint density at radius 1 is 0.243 bits per heavy atom. The zero-order chi connectivity index (χ0) is 46.1. The minimum atomic E-state index is -0.935. The largest absolute Gasteiger partial charge is 0.135 e. The smallest absolute Gasteiger partial charge is 0.0368 e. The van der Waals surface area contributed by atoms with Crippen LogP contribution in [0.4, 0.5) is 0 Å². The Labute approximate surface area is 413 Å². The normalized spacial score (nSPS) is 11.8. The van der Waals surface area contributed by atoms with Gasteiger partial charge in [-0.25, -0.2) is 0 Å². The molecule has 0 saturated heterocycles. The van der Waals surface area contributed by atoms with E-state index >= 15 is 0 Å². The molecule has 0 atom stereocenters. The number of fused-ring (bicyclic) bond motifs is 8. The van der Waals surface area contributed by atoms with Gasteiger partial charge in [-0.3, -0.25) is 0 Å². The molecule has 326 valence electrons. The number of hydrogen-bond donors (Lipinski definition) is 0. The maximum Gasteiger partial charge on any atom is 0.0368 e. The summed E-state index contributed by atoms with van der Waals surface area (Å²) in [7, 11) is -0.935. The molecule has 1 aliphatic carbocycles. The van der Waals surface area contributed by atoms with Crippen LogP contribution < -0.4 is 15.9 Å². The number of rotatable bonds is 8. The van der Waals surface area contributed by atoms with E-state index in [-0.39, 0.29) is 0 Å². The molecule has 0 N–H and O–H groups in total. The zero-order valence-electron chi connectivity index (χ0n) is 38.2. The van der Waals surface area contributed by atoms with Crippen molar-refractivity contribution in [3.8, 4) is 77.9 Å². The first-order chi connectivity index (χ1) is 34.8. The van der Waals surface area contributed by atoms with E-state index in [0.717, 1.165) is 0 Å². The second kappa shape index (κ2) is 16.8. The SMILES string of the molecule is c1ccc(-c2ccccc2P(c2ccc(-c3ccc4c(c3)sc3cc5c6c(cccc6c34)-c3c-5c(-c4ccccc4)c4ccccc4c3-c3ccccc3)cc2)c2ccccc2-c2ccccc2)cc1. The number of hydrogen-bond acceptors (Lipinski definition) is 1. The highest BCUT2D eigenvalue weighted by Gasteiger charge is 2.32. The lowest BCUT2D eigenvalue weighted by atomic mass is 9.82. The molecule has 0 saturated carbocycles. The van der Waals surface area contributed by atoms with Crippen molar-refractivity contribution >= 4 is 76.9 Å². The molecule has 1 aliphatic rings. The second-order valence-corrected chi connectivity index (χ2v) is 21.5. The maximum absolute atomic E-state index is 2.52. The van der Waals surface area contributed by atoms with Gasteiger partial charge >= 0.3 is 0 Å². The lowest BCUT2D eigenvalue weighted by Gasteiger charge is -2.25. The van der Waals surface area contributed by atoms with Crippen LogP contribution in [0.1, 0.15) is 0 Å². The molecule has 0 radical (unpaired) electrons. The van der Waals surface area contributed by atoms with Crippen molar-refractivity contribution in [2.75, 3.05) is 0 Å². The molecular formula is C68H43PS. The third-order valence-electron chi connectivity index (χ3n) is 14.4. The van der Waals surface area contributed by atoms with Crippen molar-refractivity contribution in [2.24, 2.45) is 0 Å². The number of thiophene rings is 1.